The number of primary amides is 1. The molecule has 1 rings (SSSR count). The Bertz CT molecular complexity index is 2670. The Balaban J connectivity index is 3.39. The van der Waals surface area contributed by atoms with Gasteiger partial charge in [-0.3, -0.25) is 67.1 Å². The molecule has 0 saturated carbocycles. The number of benzene rings is 1. The first-order chi connectivity index (χ1) is 42.0. The summed E-state index contributed by atoms with van der Waals surface area (Å²) in [4.78, 5) is 197. The highest BCUT2D eigenvalue weighted by Crippen LogP contribution is 2.13. The van der Waals surface area contributed by atoms with E-state index in [1.54, 1.807) is 64.3 Å². The predicted molar refractivity (Wildman–Crippen MR) is 329 cm³/mol. The van der Waals surface area contributed by atoms with E-state index < -0.39 is 187 Å². The first-order valence-electron chi connectivity index (χ1n) is 28.8. The summed E-state index contributed by atoms with van der Waals surface area (Å²) in [6, 6.07) is -10.2. The summed E-state index contributed by atoms with van der Waals surface area (Å²) in [6.45, 7) is 11.2. The minimum absolute atomic E-state index is 0.0552. The first kappa shape index (κ1) is 79.9. The van der Waals surface area contributed by atoms with Crippen LogP contribution in [0.2, 0.25) is 0 Å². The number of carbonyl (C=O) groups excluding carboxylic acids is 12. The number of aliphatic hydroxyl groups is 1. The minimum Gasteiger partial charge on any atom is -0.481 e. The SMILES string of the molecule is CSCC[C@H](NC(=O)[C@H](CS)NC(=O)[C@H](C)NC(=O)[C@H](CC(=O)O)NC(=O)[C@H](Cc1ccccc1)NC(=O)[C@H](C)NC(=O)[C@H](CC(C)C)NC(=O)[C@H](CC(C)C)NC(=O)[C@H](CC(=O)O)NC(=O)[C@@H](NC(=O)[C@H](CO)NC(=O)[C@@H](N)CCC(N)=O)C(C)C)C(=O)O. The van der Waals surface area contributed by atoms with E-state index in [1.165, 1.54) is 39.5 Å². The summed E-state index contributed by atoms with van der Waals surface area (Å²) < 4.78 is 0. The lowest BCUT2D eigenvalue weighted by molar-refractivity contribution is -0.142. The molecule has 0 heterocycles. The number of aliphatic hydroxyl groups excluding tert-OH is 1. The molecule has 0 aliphatic heterocycles. The molecule has 1 aromatic carbocycles. The van der Waals surface area contributed by atoms with E-state index in [0.29, 0.717) is 11.3 Å². The maximum atomic E-state index is 14.2. The van der Waals surface area contributed by atoms with Gasteiger partial charge >= 0.3 is 17.9 Å². The molecule has 1 aromatic rings. The zero-order chi connectivity index (χ0) is 68.7. The monoisotopic (exact) mass is 1310 g/mol. The molecule has 34 heteroatoms. The standard InChI is InChI=1S/C56H89N13O19S2/c1-26(2)19-34(63-50(81)35(20-27(3)4)64-52(83)38(23-43(74)75)66-55(86)44(28(5)6)69-53(84)39(24-70)67-47(78)32(57)15-16-41(58)71)48(79)59-29(7)45(76)62-36(21-31-13-11-10-12-14-31)51(82)65-37(22-42(72)73)49(80)60-30(8)46(77)68-40(25-89)54(85)61-33(56(87)88)17-18-90-9/h10-14,26-30,32-40,44,70,89H,15-25,57H2,1-9H3,(H2,58,71)(H,59,79)(H,60,80)(H,61,85)(H,62,76)(H,63,81)(H,64,83)(H,65,82)(H,66,86)(H,67,78)(H,68,77)(H,69,84)(H,72,73)(H,74,75)(H,87,88)/t29-,30-,32-,33-,34-,35-,36-,37-,38-,39-,40-,44-/m0/s1. The highest BCUT2D eigenvalue weighted by Gasteiger charge is 2.37. The van der Waals surface area contributed by atoms with Crippen molar-refractivity contribution >= 4 is 113 Å². The van der Waals surface area contributed by atoms with Crippen molar-refractivity contribution in [1.82, 2.24) is 58.5 Å². The molecule has 0 fully saturated rings. The van der Waals surface area contributed by atoms with E-state index >= 15 is 0 Å². The molecule has 504 valence electrons. The summed E-state index contributed by atoms with van der Waals surface area (Å²) in [7, 11) is 0. The molecule has 90 heavy (non-hydrogen) atoms. The molecule has 0 spiro atoms. The van der Waals surface area contributed by atoms with Crippen LogP contribution < -0.4 is 70.0 Å². The van der Waals surface area contributed by atoms with Gasteiger partial charge in [0.15, 0.2) is 0 Å². The van der Waals surface area contributed by atoms with Gasteiger partial charge in [0.25, 0.3) is 0 Å². The number of aliphatic carboxylic acids is 3. The van der Waals surface area contributed by atoms with Crippen LogP contribution in [0.4, 0.5) is 0 Å². The zero-order valence-electron chi connectivity index (χ0n) is 51.7. The van der Waals surface area contributed by atoms with E-state index in [4.69, 9.17) is 11.5 Å². The summed E-state index contributed by atoms with van der Waals surface area (Å²) >= 11 is 5.43. The number of thiol groups is 1. The average molecular weight is 1310 g/mol. The number of nitrogens with two attached hydrogens (primary N) is 2. The molecule has 0 aliphatic carbocycles. The van der Waals surface area contributed by atoms with Gasteiger partial charge < -0.3 is 90.4 Å². The number of carboxylic acid groups (broad SMARTS) is 3. The largest absolute Gasteiger partial charge is 0.481 e. The number of rotatable bonds is 42. The minimum atomic E-state index is -1.88. The van der Waals surface area contributed by atoms with Crippen molar-refractivity contribution < 1.29 is 92.3 Å². The maximum absolute atomic E-state index is 14.2. The van der Waals surface area contributed by atoms with Crippen molar-refractivity contribution in [2.75, 3.05) is 24.4 Å². The molecule has 12 atom stereocenters. The highest BCUT2D eigenvalue weighted by molar-refractivity contribution is 7.98. The van der Waals surface area contributed by atoms with Gasteiger partial charge in [-0.2, -0.15) is 24.4 Å². The van der Waals surface area contributed by atoms with Crippen molar-refractivity contribution in [2.45, 2.75) is 179 Å². The van der Waals surface area contributed by atoms with E-state index in [9.17, 15) is 92.3 Å². The van der Waals surface area contributed by atoms with Gasteiger partial charge in [0, 0.05) is 18.6 Å². The molecular weight excluding hydrogens is 1220 g/mol. The Morgan fingerprint density at radius 1 is 0.478 bits per heavy atom. The Kier molecular flexibility index (Phi) is 36.0. The van der Waals surface area contributed by atoms with Crippen molar-refractivity contribution in [3.63, 3.8) is 0 Å². The quantitative estimate of drug-likeness (QED) is 0.0275. The van der Waals surface area contributed by atoms with Gasteiger partial charge in [0.1, 0.15) is 66.5 Å². The normalized spacial score (nSPS) is 15.1. The lowest BCUT2D eigenvalue weighted by Gasteiger charge is -2.29. The van der Waals surface area contributed by atoms with Crippen LogP contribution in [0.1, 0.15) is 106 Å². The third kappa shape index (κ3) is 29.9. The zero-order valence-corrected chi connectivity index (χ0v) is 53.5. The average Bonchev–Trinajstić information content (AvgIpc) is 2.43. The number of thioether (sulfide) groups is 1. The number of nitrogens with one attached hydrogen (secondary N) is 11. The molecule has 0 aliphatic rings. The molecule has 0 radical (unpaired) electrons. The molecule has 12 amide bonds. The third-order valence-electron chi connectivity index (χ3n) is 13.3. The van der Waals surface area contributed by atoms with Crippen LogP contribution in [-0.2, 0) is 78.3 Å². The Morgan fingerprint density at radius 2 is 0.867 bits per heavy atom. The molecule has 0 unspecified atom stereocenters. The van der Waals surface area contributed by atoms with E-state index in [0.717, 1.165) is 0 Å². The van der Waals surface area contributed by atoms with Gasteiger partial charge in [0.05, 0.1) is 25.5 Å². The molecular formula is C56H89N13O19S2. The first-order valence-corrected chi connectivity index (χ1v) is 30.9. The number of carboxylic acids is 3. The van der Waals surface area contributed by atoms with Crippen LogP contribution in [-0.4, -0.2) is 206 Å². The van der Waals surface area contributed by atoms with Gasteiger partial charge in [-0.25, -0.2) is 4.79 Å². The Labute approximate surface area is 530 Å². The van der Waals surface area contributed by atoms with Crippen molar-refractivity contribution in [3.8, 4) is 0 Å². The second-order valence-electron chi connectivity index (χ2n) is 22.4. The van der Waals surface area contributed by atoms with Crippen LogP contribution in [0.3, 0.4) is 0 Å². The van der Waals surface area contributed by atoms with E-state index in [1.807, 2.05) is 0 Å². The van der Waals surface area contributed by atoms with Gasteiger partial charge in [0.2, 0.25) is 70.9 Å². The van der Waals surface area contributed by atoms with Crippen LogP contribution in [0.25, 0.3) is 0 Å². The van der Waals surface area contributed by atoms with Gasteiger partial charge in [-0.15, -0.1) is 0 Å². The number of amides is 12. The van der Waals surface area contributed by atoms with Crippen LogP contribution in [0.15, 0.2) is 30.3 Å². The van der Waals surface area contributed by atoms with Crippen molar-refractivity contribution in [3.05, 3.63) is 35.9 Å². The molecule has 19 N–H and O–H groups in total. The second-order valence-corrected chi connectivity index (χ2v) is 23.8. The summed E-state index contributed by atoms with van der Waals surface area (Å²) in [5.74, 6) is -17.7. The number of hydrogen-bond acceptors (Lipinski definition) is 19. The molecule has 0 bridgehead atoms. The second kappa shape index (κ2) is 40.5. The summed E-state index contributed by atoms with van der Waals surface area (Å²) in [6.07, 6.45) is -1.09. The van der Waals surface area contributed by atoms with Gasteiger partial charge in [-0.1, -0.05) is 71.9 Å². The summed E-state index contributed by atoms with van der Waals surface area (Å²) in [5, 5.41) is 65.1. The predicted octanol–water partition coefficient (Wildman–Crippen LogP) is -4.35. The third-order valence-corrected chi connectivity index (χ3v) is 14.3. The van der Waals surface area contributed by atoms with Crippen molar-refractivity contribution in [1.29, 1.82) is 0 Å². The Morgan fingerprint density at radius 3 is 1.30 bits per heavy atom. The smallest absolute Gasteiger partial charge is 0.326 e. The topological polar surface area (TPSA) is 521 Å². The lowest BCUT2D eigenvalue weighted by Crippen LogP contribution is -2.61. The van der Waals surface area contributed by atoms with Gasteiger partial charge in [-0.05, 0) is 74.9 Å². The lowest BCUT2D eigenvalue weighted by atomic mass is 9.99. The molecule has 32 nitrogen and oxygen atoms in total. The van der Waals surface area contributed by atoms with E-state index in [-0.39, 0.29) is 56.1 Å². The number of hydrogen-bond donors (Lipinski definition) is 18. The molecule has 0 saturated heterocycles. The van der Waals surface area contributed by atoms with Crippen LogP contribution >= 0.6 is 24.4 Å². The molecule has 0 aromatic heterocycles. The van der Waals surface area contributed by atoms with E-state index in [2.05, 4.69) is 71.1 Å². The fourth-order valence-corrected chi connectivity index (χ4v) is 9.04. The van der Waals surface area contributed by atoms with Crippen molar-refractivity contribution in [2.24, 2.45) is 29.2 Å². The highest BCUT2D eigenvalue weighted by atomic mass is 32.2. The summed E-state index contributed by atoms with van der Waals surface area (Å²) in [5.41, 5.74) is 11.3. The fraction of sp³-hybridized carbons (Fsp3) is 0.625. The number of carbonyl (C=O) groups is 15. The Hall–Kier alpha value is -8.11. The van der Waals surface area contributed by atoms with Crippen LogP contribution in [0.5, 0.6) is 0 Å². The fourth-order valence-electron chi connectivity index (χ4n) is 8.31. The van der Waals surface area contributed by atoms with Crippen LogP contribution in [0, 0.1) is 17.8 Å². The maximum Gasteiger partial charge on any atom is 0.326 e.